The van der Waals surface area contributed by atoms with Crippen molar-refractivity contribution in [2.75, 3.05) is 19.1 Å². The van der Waals surface area contributed by atoms with E-state index in [-0.39, 0.29) is 16.8 Å². The fourth-order valence-electron chi connectivity index (χ4n) is 2.83. The van der Waals surface area contributed by atoms with Gasteiger partial charge in [0.1, 0.15) is 5.57 Å². The molecule has 1 fully saturated rings. The Balaban J connectivity index is 2.02. The third-order valence-electron chi connectivity index (χ3n) is 4.23. The minimum Gasteiger partial charge on any atom is -0.545 e. The minimum atomic E-state index is -1.40. The van der Waals surface area contributed by atoms with Crippen LogP contribution in [-0.2, 0) is 9.59 Å². The van der Waals surface area contributed by atoms with E-state index in [0.29, 0.717) is 21.5 Å². The molecule has 2 aromatic rings. The number of ether oxygens (including phenoxy) is 2. The molecule has 0 aromatic heterocycles. The molecule has 0 radical (unpaired) electrons. The smallest absolute Gasteiger partial charge is 0.335 e. The summed E-state index contributed by atoms with van der Waals surface area (Å²) in [4.78, 5) is 49.1. The van der Waals surface area contributed by atoms with Crippen LogP contribution in [0.5, 0.6) is 11.5 Å². The zero-order valence-corrected chi connectivity index (χ0v) is 17.3. The van der Waals surface area contributed by atoms with Gasteiger partial charge < -0.3 is 19.4 Å². The Kier molecular flexibility index (Phi) is 5.88. The summed E-state index contributed by atoms with van der Waals surface area (Å²) in [5.41, 5.74) is 0.123. The summed E-state index contributed by atoms with van der Waals surface area (Å²) >= 11 is 3.33. The molecule has 0 spiro atoms. The summed E-state index contributed by atoms with van der Waals surface area (Å²) in [6.07, 6.45) is 1.30. The molecule has 1 heterocycles. The largest absolute Gasteiger partial charge is 0.545 e. The van der Waals surface area contributed by atoms with Gasteiger partial charge in [-0.15, -0.1) is 0 Å². The number of hydrogen-bond acceptors (Lipinski definition) is 7. The van der Waals surface area contributed by atoms with Crippen molar-refractivity contribution in [2.45, 2.75) is 0 Å². The molecule has 4 amide bonds. The van der Waals surface area contributed by atoms with Crippen LogP contribution in [0.2, 0.25) is 0 Å². The van der Waals surface area contributed by atoms with E-state index >= 15 is 0 Å². The van der Waals surface area contributed by atoms with Crippen LogP contribution in [0, 0.1) is 0 Å². The summed E-state index contributed by atoms with van der Waals surface area (Å²) in [7, 11) is 2.91. The lowest BCUT2D eigenvalue weighted by Gasteiger charge is -2.26. The molecule has 154 valence electrons. The third-order valence-corrected chi connectivity index (χ3v) is 4.82. The van der Waals surface area contributed by atoms with Crippen LogP contribution in [0.1, 0.15) is 15.9 Å². The number of hydrogen-bond donors (Lipinski definition) is 1. The zero-order valence-electron chi connectivity index (χ0n) is 15.7. The van der Waals surface area contributed by atoms with E-state index in [1.165, 1.54) is 44.6 Å². The number of carboxylic acid groups (broad SMARTS) is 1. The molecule has 3 rings (SSSR count). The summed E-state index contributed by atoms with van der Waals surface area (Å²) in [5, 5.41) is 13.0. The molecule has 1 N–H and O–H groups in total. The number of carbonyl (C=O) groups is 4. The van der Waals surface area contributed by atoms with Crippen molar-refractivity contribution in [1.29, 1.82) is 0 Å². The van der Waals surface area contributed by atoms with Crippen molar-refractivity contribution in [2.24, 2.45) is 0 Å². The van der Waals surface area contributed by atoms with Gasteiger partial charge in [0.15, 0.2) is 11.5 Å². The van der Waals surface area contributed by atoms with Crippen LogP contribution in [0.4, 0.5) is 10.5 Å². The molecule has 0 aliphatic carbocycles. The Bertz CT molecular complexity index is 1090. The van der Waals surface area contributed by atoms with Gasteiger partial charge in [0.2, 0.25) is 0 Å². The summed E-state index contributed by atoms with van der Waals surface area (Å²) in [6.45, 7) is 0. The van der Waals surface area contributed by atoms with Gasteiger partial charge in [0.05, 0.1) is 30.3 Å². The zero-order chi connectivity index (χ0) is 22.0. The Morgan fingerprint density at radius 1 is 1.10 bits per heavy atom. The lowest BCUT2D eigenvalue weighted by molar-refractivity contribution is -0.255. The van der Waals surface area contributed by atoms with E-state index in [1.807, 2.05) is 0 Å². The molecule has 1 aliphatic rings. The number of nitrogens with zero attached hydrogens (tertiary/aromatic N) is 1. The first-order valence-electron chi connectivity index (χ1n) is 8.41. The molecule has 0 bridgehead atoms. The number of methoxy groups -OCH3 is 2. The fourth-order valence-corrected chi connectivity index (χ4v) is 3.45. The number of halogens is 1. The normalized spacial score (nSPS) is 15.2. The highest BCUT2D eigenvalue weighted by molar-refractivity contribution is 9.10. The first kappa shape index (κ1) is 21.1. The van der Waals surface area contributed by atoms with E-state index in [9.17, 15) is 24.3 Å². The average molecular weight is 474 g/mol. The first-order chi connectivity index (χ1) is 14.3. The van der Waals surface area contributed by atoms with Crippen molar-refractivity contribution in [1.82, 2.24) is 5.32 Å². The minimum absolute atomic E-state index is 0.0920. The predicted molar refractivity (Wildman–Crippen MR) is 107 cm³/mol. The van der Waals surface area contributed by atoms with Crippen LogP contribution in [0.25, 0.3) is 6.08 Å². The van der Waals surface area contributed by atoms with Gasteiger partial charge in [0.25, 0.3) is 11.8 Å². The van der Waals surface area contributed by atoms with Crippen molar-refractivity contribution in [3.8, 4) is 11.5 Å². The van der Waals surface area contributed by atoms with Crippen LogP contribution >= 0.6 is 15.9 Å². The van der Waals surface area contributed by atoms with E-state index in [0.717, 1.165) is 4.90 Å². The molecule has 30 heavy (non-hydrogen) atoms. The molecule has 0 unspecified atom stereocenters. The number of imide groups is 2. The fraction of sp³-hybridized carbons (Fsp3) is 0.100. The number of anilines is 1. The van der Waals surface area contributed by atoms with E-state index in [1.54, 1.807) is 12.1 Å². The first-order valence-corrected chi connectivity index (χ1v) is 9.20. The van der Waals surface area contributed by atoms with Crippen molar-refractivity contribution in [3.63, 3.8) is 0 Å². The summed E-state index contributed by atoms with van der Waals surface area (Å²) in [5.74, 6) is -2.32. The van der Waals surface area contributed by atoms with Gasteiger partial charge >= 0.3 is 6.03 Å². The van der Waals surface area contributed by atoms with Crippen LogP contribution in [0.15, 0.2) is 46.4 Å². The maximum Gasteiger partial charge on any atom is 0.335 e. The monoisotopic (exact) mass is 473 g/mol. The van der Waals surface area contributed by atoms with Crippen LogP contribution in [-0.4, -0.2) is 38.0 Å². The second kappa shape index (κ2) is 8.37. The highest BCUT2D eigenvalue weighted by Crippen LogP contribution is 2.37. The maximum absolute atomic E-state index is 12.9. The second-order valence-corrected chi connectivity index (χ2v) is 6.88. The molecular formula is C20H14BrN2O7-. The number of aromatic carboxylic acids is 1. The number of nitrogens with one attached hydrogen (secondary N) is 1. The number of urea groups is 1. The summed E-state index contributed by atoms with van der Waals surface area (Å²) < 4.78 is 11.0. The molecule has 1 aliphatic heterocycles. The summed E-state index contributed by atoms with van der Waals surface area (Å²) in [6, 6.07) is 7.15. The molecular weight excluding hydrogens is 460 g/mol. The predicted octanol–water partition coefficient (Wildman–Crippen LogP) is 1.50. The molecule has 0 saturated carbocycles. The maximum atomic E-state index is 12.9. The Morgan fingerprint density at radius 2 is 1.77 bits per heavy atom. The lowest BCUT2D eigenvalue weighted by atomic mass is 10.1. The van der Waals surface area contributed by atoms with Gasteiger partial charge in [-0.2, -0.15) is 0 Å². The van der Waals surface area contributed by atoms with Crippen LogP contribution < -0.4 is 24.8 Å². The van der Waals surface area contributed by atoms with Crippen LogP contribution in [0.3, 0.4) is 0 Å². The number of amides is 4. The lowest BCUT2D eigenvalue weighted by Crippen LogP contribution is -2.54. The standard InChI is InChI=1S/C20H15BrN2O7/c1-29-15-9-10(8-14(21)16(15)30-2)7-13-17(24)22-20(28)23(18(13)25)12-5-3-11(4-6-12)19(26)27/h3-9H,1-2H3,(H,26,27)(H,22,24,28)/p-1/b13-7-. The van der Waals surface area contributed by atoms with Gasteiger partial charge in [-0.3, -0.25) is 14.9 Å². The molecule has 9 nitrogen and oxygen atoms in total. The van der Waals surface area contributed by atoms with Gasteiger partial charge in [-0.05, 0) is 57.4 Å². The third kappa shape index (κ3) is 3.90. The number of rotatable bonds is 5. The van der Waals surface area contributed by atoms with Crippen molar-refractivity contribution < 1.29 is 33.8 Å². The molecule has 2 aromatic carbocycles. The topological polar surface area (TPSA) is 125 Å². The Labute approximate surface area is 179 Å². The van der Waals surface area contributed by atoms with Crippen molar-refractivity contribution >= 4 is 51.5 Å². The molecule has 10 heteroatoms. The number of carboxylic acids is 1. The second-order valence-electron chi connectivity index (χ2n) is 6.03. The number of benzene rings is 2. The Morgan fingerprint density at radius 3 is 2.33 bits per heavy atom. The molecule has 0 atom stereocenters. The highest BCUT2D eigenvalue weighted by Gasteiger charge is 2.36. The van der Waals surface area contributed by atoms with Crippen molar-refractivity contribution in [3.05, 3.63) is 57.6 Å². The number of carbonyl (C=O) groups excluding carboxylic acids is 4. The van der Waals surface area contributed by atoms with Gasteiger partial charge in [0, 0.05) is 0 Å². The van der Waals surface area contributed by atoms with E-state index in [4.69, 9.17) is 9.47 Å². The molecule has 1 saturated heterocycles. The quantitative estimate of drug-likeness (QED) is 0.514. The van der Waals surface area contributed by atoms with Gasteiger partial charge in [-0.1, -0.05) is 12.1 Å². The van der Waals surface area contributed by atoms with E-state index < -0.39 is 23.8 Å². The van der Waals surface area contributed by atoms with E-state index in [2.05, 4.69) is 21.2 Å². The van der Waals surface area contributed by atoms with Gasteiger partial charge in [-0.25, -0.2) is 9.69 Å². The SMILES string of the molecule is COc1cc(/C=C2/C(=O)NC(=O)N(c3ccc(C(=O)[O-])cc3)C2=O)cc(Br)c1OC. The highest BCUT2D eigenvalue weighted by atomic mass is 79.9. The average Bonchev–Trinajstić information content (AvgIpc) is 2.70. The Hall–Kier alpha value is -3.66. The number of barbiturate groups is 1.